The summed E-state index contributed by atoms with van der Waals surface area (Å²) in [5.74, 6) is -4.18. The molecule has 2 aromatic rings. The van der Waals surface area contributed by atoms with E-state index in [1.807, 2.05) is 6.92 Å². The van der Waals surface area contributed by atoms with Crippen LogP contribution >= 0.6 is 0 Å². The van der Waals surface area contributed by atoms with Crippen molar-refractivity contribution in [1.82, 2.24) is 4.90 Å². The number of aliphatic hydroxyl groups is 1. The van der Waals surface area contributed by atoms with Gasteiger partial charge in [-0.15, -0.1) is 0 Å². The van der Waals surface area contributed by atoms with Crippen molar-refractivity contribution in [3.8, 4) is 0 Å². The first-order chi connectivity index (χ1) is 13.8. The van der Waals surface area contributed by atoms with Gasteiger partial charge in [-0.25, -0.2) is 4.39 Å². The predicted octanol–water partition coefficient (Wildman–Crippen LogP) is 2.09. The predicted molar refractivity (Wildman–Crippen MR) is 101 cm³/mol. The Bertz CT molecular complexity index is 997. The van der Waals surface area contributed by atoms with Crippen molar-refractivity contribution in [2.75, 3.05) is 6.54 Å². The molecule has 1 N–H and O–H groups in total. The van der Waals surface area contributed by atoms with Gasteiger partial charge in [-0.1, -0.05) is 48.0 Å². The number of hydrogen-bond donors (Lipinski definition) is 1. The van der Waals surface area contributed by atoms with Gasteiger partial charge in [-0.3, -0.25) is 9.59 Å². The molecule has 3 rings (SSSR count). The summed E-state index contributed by atoms with van der Waals surface area (Å²) in [6.45, 7) is 1.77. The third kappa shape index (κ3) is 4.03. The summed E-state index contributed by atoms with van der Waals surface area (Å²) in [5, 5.41) is 21.5. The van der Waals surface area contributed by atoms with Crippen LogP contribution in [-0.4, -0.2) is 34.2 Å². The van der Waals surface area contributed by atoms with E-state index < -0.39 is 35.3 Å². The highest BCUT2D eigenvalue weighted by Crippen LogP contribution is 2.40. The second-order valence-electron chi connectivity index (χ2n) is 6.86. The molecule has 0 spiro atoms. The summed E-state index contributed by atoms with van der Waals surface area (Å²) < 4.78 is 14.6. The summed E-state index contributed by atoms with van der Waals surface area (Å²) >= 11 is 0. The monoisotopic (exact) mass is 396 g/mol. The van der Waals surface area contributed by atoms with Gasteiger partial charge in [-0.05, 0) is 25.8 Å². The molecule has 0 aliphatic carbocycles. The van der Waals surface area contributed by atoms with Crippen LogP contribution < -0.4 is 5.11 Å². The third-order valence-corrected chi connectivity index (χ3v) is 4.84. The average Bonchev–Trinajstić information content (AvgIpc) is 2.93. The van der Waals surface area contributed by atoms with Gasteiger partial charge in [0.15, 0.2) is 0 Å². The lowest BCUT2D eigenvalue weighted by Gasteiger charge is -2.25. The van der Waals surface area contributed by atoms with Crippen LogP contribution in [0.2, 0.25) is 0 Å². The van der Waals surface area contributed by atoms with Crippen LogP contribution in [0.5, 0.6) is 0 Å². The number of aryl methyl sites for hydroxylation is 1. The van der Waals surface area contributed by atoms with Crippen molar-refractivity contribution < 1.29 is 29.0 Å². The fourth-order valence-electron chi connectivity index (χ4n) is 3.39. The Kier molecular flexibility index (Phi) is 5.77. The second-order valence-corrected chi connectivity index (χ2v) is 6.86. The first kappa shape index (κ1) is 20.3. The number of nitrogens with zero attached hydrogens (tertiary/aromatic N) is 1. The number of ketones is 1. The van der Waals surface area contributed by atoms with Crippen LogP contribution in [-0.2, 0) is 14.4 Å². The number of carbonyl (C=O) groups excluding carboxylic acids is 3. The smallest absolute Gasteiger partial charge is 0.295 e. The molecule has 1 atom stereocenters. The van der Waals surface area contributed by atoms with Crippen LogP contribution in [0.15, 0.2) is 54.1 Å². The molecule has 1 amide bonds. The largest absolute Gasteiger partial charge is 0.550 e. The van der Waals surface area contributed by atoms with Gasteiger partial charge < -0.3 is 19.9 Å². The Morgan fingerprint density at radius 3 is 2.41 bits per heavy atom. The summed E-state index contributed by atoms with van der Waals surface area (Å²) in [7, 11) is 0. The van der Waals surface area contributed by atoms with Gasteiger partial charge in [0.05, 0.1) is 11.6 Å². The second kappa shape index (κ2) is 8.26. The Balaban J connectivity index is 2.12. The number of amides is 1. The standard InChI is InChI=1S/C22H20FNO5/c1-13-8-10-14(11-9-13)20(27)18-19(15-5-2-3-6-16(15)23)24(22(29)21(18)28)12-4-7-17(25)26/h2-3,5-6,8-11,19,27H,4,7,12H2,1H3,(H,25,26)/p-1/t19-/m0/s1. The zero-order valence-corrected chi connectivity index (χ0v) is 15.7. The lowest BCUT2D eigenvalue weighted by Crippen LogP contribution is -2.32. The minimum Gasteiger partial charge on any atom is -0.550 e. The number of halogens is 1. The molecule has 1 heterocycles. The molecule has 1 aliphatic rings. The first-order valence-electron chi connectivity index (χ1n) is 9.11. The summed E-state index contributed by atoms with van der Waals surface area (Å²) in [6.07, 6.45) is -0.282. The molecule has 7 heteroatoms. The fraction of sp³-hybridized carbons (Fsp3) is 0.227. The topological polar surface area (TPSA) is 97.7 Å². The quantitative estimate of drug-likeness (QED) is 0.458. The Hall–Kier alpha value is -3.48. The number of likely N-dealkylation sites (tertiary alicyclic amines) is 1. The van der Waals surface area contributed by atoms with E-state index in [9.17, 15) is 29.0 Å². The van der Waals surface area contributed by atoms with Crippen LogP contribution in [0.25, 0.3) is 5.76 Å². The highest BCUT2D eigenvalue weighted by molar-refractivity contribution is 6.46. The number of carbonyl (C=O) groups is 3. The molecule has 29 heavy (non-hydrogen) atoms. The minimum absolute atomic E-state index is 0.0326. The highest BCUT2D eigenvalue weighted by Gasteiger charge is 2.46. The van der Waals surface area contributed by atoms with Gasteiger partial charge in [0.1, 0.15) is 11.6 Å². The number of carboxylic acid groups (broad SMARTS) is 1. The number of benzene rings is 2. The molecule has 6 nitrogen and oxygen atoms in total. The van der Waals surface area contributed by atoms with Gasteiger partial charge in [0.25, 0.3) is 11.7 Å². The zero-order chi connectivity index (χ0) is 21.1. The maximum absolute atomic E-state index is 14.6. The van der Waals surface area contributed by atoms with Crippen molar-refractivity contribution in [2.45, 2.75) is 25.8 Å². The zero-order valence-electron chi connectivity index (χ0n) is 15.7. The lowest BCUT2D eigenvalue weighted by atomic mass is 9.94. The molecule has 2 aromatic carbocycles. The van der Waals surface area contributed by atoms with E-state index in [0.717, 1.165) is 10.5 Å². The van der Waals surface area contributed by atoms with Gasteiger partial charge in [0, 0.05) is 23.6 Å². The summed E-state index contributed by atoms with van der Waals surface area (Å²) in [4.78, 5) is 37.2. The molecule has 0 aromatic heterocycles. The molecule has 1 fully saturated rings. The minimum atomic E-state index is -1.29. The molecule has 1 aliphatic heterocycles. The summed E-state index contributed by atoms with van der Waals surface area (Å²) in [6, 6.07) is 11.2. The molecular weight excluding hydrogens is 377 g/mol. The Morgan fingerprint density at radius 1 is 1.14 bits per heavy atom. The van der Waals surface area contributed by atoms with E-state index in [4.69, 9.17) is 0 Å². The average molecular weight is 396 g/mol. The number of aliphatic carboxylic acids is 1. The molecule has 0 bridgehead atoms. The van der Waals surface area contributed by atoms with Gasteiger partial charge >= 0.3 is 0 Å². The third-order valence-electron chi connectivity index (χ3n) is 4.84. The van der Waals surface area contributed by atoms with E-state index in [1.165, 1.54) is 18.2 Å². The number of carboxylic acids is 1. The van der Waals surface area contributed by atoms with Crippen LogP contribution in [0, 0.1) is 12.7 Å². The van der Waals surface area contributed by atoms with Crippen molar-refractivity contribution in [1.29, 1.82) is 0 Å². The number of Topliss-reactive ketones (excluding diaryl/α,β-unsaturated/α-hetero) is 1. The van der Waals surface area contributed by atoms with E-state index >= 15 is 0 Å². The van der Waals surface area contributed by atoms with Gasteiger partial charge in [-0.2, -0.15) is 0 Å². The SMILES string of the molecule is Cc1ccc(C(O)=C2C(=O)C(=O)N(CCCC(=O)[O-])[C@H]2c2ccccc2F)cc1. The fourth-order valence-corrected chi connectivity index (χ4v) is 3.39. The normalized spacial score (nSPS) is 18.3. The van der Waals surface area contributed by atoms with Crippen LogP contribution in [0.1, 0.15) is 35.6 Å². The number of aliphatic hydroxyl groups excluding tert-OH is 1. The maximum Gasteiger partial charge on any atom is 0.295 e. The van der Waals surface area contributed by atoms with Crippen molar-refractivity contribution >= 4 is 23.4 Å². The van der Waals surface area contributed by atoms with Crippen molar-refractivity contribution in [3.05, 3.63) is 76.6 Å². The van der Waals surface area contributed by atoms with E-state index in [1.54, 1.807) is 30.3 Å². The number of rotatable bonds is 6. The first-order valence-corrected chi connectivity index (χ1v) is 9.11. The molecule has 1 saturated heterocycles. The van der Waals surface area contributed by atoms with E-state index in [0.29, 0.717) is 5.56 Å². The van der Waals surface area contributed by atoms with E-state index in [2.05, 4.69) is 0 Å². The molecular formula is C22H19FNO5-. The lowest BCUT2D eigenvalue weighted by molar-refractivity contribution is -0.305. The van der Waals surface area contributed by atoms with Crippen molar-refractivity contribution in [2.24, 2.45) is 0 Å². The maximum atomic E-state index is 14.6. The molecule has 0 radical (unpaired) electrons. The molecule has 150 valence electrons. The highest BCUT2D eigenvalue weighted by atomic mass is 19.1. The van der Waals surface area contributed by atoms with Crippen LogP contribution in [0.4, 0.5) is 4.39 Å². The van der Waals surface area contributed by atoms with Crippen molar-refractivity contribution in [3.63, 3.8) is 0 Å². The number of hydrogen-bond acceptors (Lipinski definition) is 5. The molecule has 0 saturated carbocycles. The molecule has 0 unspecified atom stereocenters. The Labute approximate surface area is 166 Å². The summed E-state index contributed by atoms with van der Waals surface area (Å²) in [5.41, 5.74) is 1.09. The van der Waals surface area contributed by atoms with E-state index in [-0.39, 0.29) is 30.5 Å². The van der Waals surface area contributed by atoms with Crippen LogP contribution in [0.3, 0.4) is 0 Å². The van der Waals surface area contributed by atoms with Gasteiger partial charge in [0.2, 0.25) is 0 Å². The Morgan fingerprint density at radius 2 is 1.79 bits per heavy atom.